The fraction of sp³-hybridized carbons (Fsp3) is 0.350. The Morgan fingerprint density at radius 3 is 2.77 bits per heavy atom. The molecule has 0 radical (unpaired) electrons. The lowest BCUT2D eigenvalue weighted by Crippen LogP contribution is -2.51. The summed E-state index contributed by atoms with van der Waals surface area (Å²) in [7, 11) is 0. The molecule has 1 saturated heterocycles. The number of anilines is 1. The minimum atomic E-state index is -2.67. The van der Waals surface area contributed by atoms with Gasteiger partial charge < -0.3 is 10.2 Å². The van der Waals surface area contributed by atoms with Crippen molar-refractivity contribution >= 4 is 11.5 Å². The summed E-state index contributed by atoms with van der Waals surface area (Å²) in [5.74, 6) is 1.18. The minimum absolute atomic E-state index is 0.108. The van der Waals surface area contributed by atoms with E-state index in [-0.39, 0.29) is 17.8 Å². The first kappa shape index (κ1) is 19.5. The second-order valence-electron chi connectivity index (χ2n) is 7.70. The Kier molecular flexibility index (Phi) is 4.81. The van der Waals surface area contributed by atoms with E-state index in [1.165, 1.54) is 12.4 Å². The van der Waals surface area contributed by atoms with Gasteiger partial charge in [0.1, 0.15) is 17.2 Å². The molecule has 5 rings (SSSR count). The molecule has 0 saturated carbocycles. The molecule has 2 atom stereocenters. The minimum Gasteiger partial charge on any atom is -0.353 e. The Balaban J connectivity index is 1.48. The first-order chi connectivity index (χ1) is 15.0. The average Bonchev–Trinajstić information content (AvgIpc) is 3.39. The third kappa shape index (κ3) is 3.61. The van der Waals surface area contributed by atoms with Gasteiger partial charge >= 0.3 is 0 Å². The molecule has 0 aliphatic carbocycles. The summed E-state index contributed by atoms with van der Waals surface area (Å²) in [6.45, 7) is 5.62. The number of halogens is 2. The Morgan fingerprint density at radius 2 is 2.00 bits per heavy atom. The first-order valence-corrected chi connectivity index (χ1v) is 9.95. The molecule has 1 aliphatic rings. The van der Waals surface area contributed by atoms with Crippen LogP contribution in [0, 0.1) is 6.92 Å². The average molecular weight is 425 g/mol. The van der Waals surface area contributed by atoms with Gasteiger partial charge in [-0.05, 0) is 19.9 Å². The maximum Gasteiger partial charge on any atom is 0.281 e. The van der Waals surface area contributed by atoms with Crippen LogP contribution >= 0.6 is 0 Å². The zero-order valence-corrected chi connectivity index (χ0v) is 17.0. The fourth-order valence-electron chi connectivity index (χ4n) is 3.99. The van der Waals surface area contributed by atoms with Crippen molar-refractivity contribution < 1.29 is 8.78 Å². The van der Waals surface area contributed by atoms with Crippen LogP contribution in [0.2, 0.25) is 0 Å². The molecular formula is C20H21F2N9. The lowest BCUT2D eigenvalue weighted by atomic mass is 10.0. The van der Waals surface area contributed by atoms with Crippen molar-refractivity contribution in [1.82, 2.24) is 39.9 Å². The monoisotopic (exact) mass is 425 g/mol. The van der Waals surface area contributed by atoms with Crippen LogP contribution in [-0.4, -0.2) is 53.7 Å². The summed E-state index contributed by atoms with van der Waals surface area (Å²) in [6.07, 6.45) is 5.04. The van der Waals surface area contributed by atoms with Crippen LogP contribution in [-0.2, 0) is 0 Å². The highest BCUT2D eigenvalue weighted by molar-refractivity contribution is 5.58. The third-order valence-electron chi connectivity index (χ3n) is 5.46. The Bertz CT molecular complexity index is 1220. The van der Waals surface area contributed by atoms with Crippen LogP contribution in [0.5, 0.6) is 0 Å². The summed E-state index contributed by atoms with van der Waals surface area (Å²) in [5, 5.41) is 10.7. The van der Waals surface area contributed by atoms with Crippen LogP contribution in [0.3, 0.4) is 0 Å². The normalized spacial score (nSPS) is 19.5. The number of piperazine rings is 1. The second-order valence-corrected chi connectivity index (χ2v) is 7.70. The number of aromatic nitrogens is 7. The van der Waals surface area contributed by atoms with E-state index >= 15 is 0 Å². The van der Waals surface area contributed by atoms with Gasteiger partial charge in [0.15, 0.2) is 11.5 Å². The Morgan fingerprint density at radius 1 is 1.13 bits per heavy atom. The van der Waals surface area contributed by atoms with Crippen molar-refractivity contribution in [2.75, 3.05) is 18.0 Å². The zero-order valence-electron chi connectivity index (χ0n) is 17.0. The standard InChI is InChI=1S/C20H21F2N9/c1-11-8-30(9-14(27-11)13-5-26-29-12(13)2)17-3-4-23-20(28-17)16-6-25-18-7-24-15(19(21)22)10-31(16)18/h3-7,10-11,14,19,27H,8-9H2,1-2H3,(H,26,29). The van der Waals surface area contributed by atoms with Gasteiger partial charge in [0.05, 0.1) is 24.6 Å². The molecule has 160 valence electrons. The fourth-order valence-corrected chi connectivity index (χ4v) is 3.99. The third-order valence-corrected chi connectivity index (χ3v) is 5.46. The maximum atomic E-state index is 13.1. The highest BCUT2D eigenvalue weighted by atomic mass is 19.3. The van der Waals surface area contributed by atoms with Crippen LogP contribution in [0.15, 0.2) is 37.1 Å². The number of nitrogens with one attached hydrogen (secondary N) is 2. The van der Waals surface area contributed by atoms with Crippen LogP contribution < -0.4 is 10.2 Å². The van der Waals surface area contributed by atoms with Crippen LogP contribution in [0.1, 0.15) is 36.3 Å². The Hall–Kier alpha value is -3.47. The number of aromatic amines is 1. The summed E-state index contributed by atoms with van der Waals surface area (Å²) in [5.41, 5.74) is 2.83. The summed E-state index contributed by atoms with van der Waals surface area (Å²) < 4.78 is 27.8. The first-order valence-electron chi connectivity index (χ1n) is 9.95. The number of hydrogen-bond acceptors (Lipinski definition) is 7. The summed E-state index contributed by atoms with van der Waals surface area (Å²) >= 11 is 0. The molecule has 9 nitrogen and oxygen atoms in total. The van der Waals surface area contributed by atoms with Crippen molar-refractivity contribution in [3.05, 3.63) is 54.0 Å². The van der Waals surface area contributed by atoms with Gasteiger partial charge in [-0.1, -0.05) is 0 Å². The smallest absolute Gasteiger partial charge is 0.281 e. The molecule has 0 spiro atoms. The van der Waals surface area contributed by atoms with Crippen LogP contribution in [0.4, 0.5) is 14.6 Å². The maximum absolute atomic E-state index is 13.1. The molecular weight excluding hydrogens is 404 g/mol. The van der Waals surface area contributed by atoms with E-state index in [4.69, 9.17) is 4.98 Å². The van der Waals surface area contributed by atoms with Crippen molar-refractivity contribution in [3.63, 3.8) is 0 Å². The number of aryl methyl sites for hydroxylation is 1. The van der Waals surface area contributed by atoms with Gasteiger partial charge in [0, 0.05) is 42.8 Å². The van der Waals surface area contributed by atoms with Crippen molar-refractivity contribution in [2.45, 2.75) is 32.4 Å². The van der Waals surface area contributed by atoms with Gasteiger partial charge in [-0.3, -0.25) is 9.50 Å². The van der Waals surface area contributed by atoms with E-state index in [0.717, 1.165) is 23.6 Å². The summed E-state index contributed by atoms with van der Waals surface area (Å²) in [6, 6.07) is 2.20. The molecule has 11 heteroatoms. The predicted molar refractivity (Wildman–Crippen MR) is 110 cm³/mol. The van der Waals surface area contributed by atoms with E-state index in [2.05, 4.69) is 42.3 Å². The second kappa shape index (κ2) is 7.65. The molecule has 4 aromatic heterocycles. The van der Waals surface area contributed by atoms with E-state index < -0.39 is 6.43 Å². The molecule has 0 bridgehead atoms. The molecule has 2 unspecified atom stereocenters. The summed E-state index contributed by atoms with van der Waals surface area (Å²) in [4.78, 5) is 19.3. The highest BCUT2D eigenvalue weighted by Crippen LogP contribution is 2.26. The molecule has 1 fully saturated rings. The number of rotatable bonds is 4. The lowest BCUT2D eigenvalue weighted by Gasteiger charge is -2.38. The Labute approximate surface area is 176 Å². The van der Waals surface area contributed by atoms with Gasteiger partial charge in [-0.25, -0.2) is 28.7 Å². The van der Waals surface area contributed by atoms with Gasteiger partial charge in [-0.15, -0.1) is 0 Å². The predicted octanol–water partition coefficient (Wildman–Crippen LogP) is 2.69. The molecule has 0 aromatic carbocycles. The molecule has 31 heavy (non-hydrogen) atoms. The zero-order chi connectivity index (χ0) is 21.5. The van der Waals surface area contributed by atoms with Gasteiger partial charge in [0.25, 0.3) is 6.43 Å². The molecule has 2 N–H and O–H groups in total. The molecule has 1 aliphatic heterocycles. The quantitative estimate of drug-likeness (QED) is 0.519. The van der Waals surface area contributed by atoms with E-state index in [9.17, 15) is 8.78 Å². The topological polar surface area (TPSA) is 99.9 Å². The number of imidazole rings is 1. The number of hydrogen-bond donors (Lipinski definition) is 2. The van der Waals surface area contributed by atoms with E-state index in [1.807, 2.05) is 19.2 Å². The van der Waals surface area contributed by atoms with Crippen molar-refractivity contribution in [1.29, 1.82) is 0 Å². The molecule has 0 amide bonds. The number of fused-ring (bicyclic) bond motifs is 1. The SMILES string of the molecule is Cc1[nH]ncc1C1CN(c2ccnc(-c3cnc4cnc(C(F)F)cn34)n2)CC(C)N1. The molecule has 4 aromatic rings. The number of H-pyrrole nitrogens is 1. The van der Waals surface area contributed by atoms with Crippen LogP contribution in [0.25, 0.3) is 17.2 Å². The van der Waals surface area contributed by atoms with E-state index in [1.54, 1.807) is 16.8 Å². The van der Waals surface area contributed by atoms with Crippen molar-refractivity contribution in [3.8, 4) is 11.5 Å². The largest absolute Gasteiger partial charge is 0.353 e. The van der Waals surface area contributed by atoms with Gasteiger partial charge in [0.2, 0.25) is 0 Å². The van der Waals surface area contributed by atoms with E-state index in [0.29, 0.717) is 23.7 Å². The van der Waals surface area contributed by atoms with Gasteiger partial charge in [-0.2, -0.15) is 5.10 Å². The number of nitrogens with zero attached hydrogens (tertiary/aromatic N) is 7. The lowest BCUT2D eigenvalue weighted by molar-refractivity contribution is 0.145. The number of alkyl halides is 2. The van der Waals surface area contributed by atoms with Crippen molar-refractivity contribution in [2.24, 2.45) is 0 Å². The highest BCUT2D eigenvalue weighted by Gasteiger charge is 2.28. The molecule has 5 heterocycles.